The standard InChI is InChI=1S/C21H19Cl3N2O2/c22-17-5-7-20(28-14-15-4-6-18(23)19(24)11-15)16(12-17)13-25-9-10-27-21-3-1-2-8-26-21/h1-8,11-12,25H,9-10,13-14H2. The molecule has 28 heavy (non-hydrogen) atoms. The summed E-state index contributed by atoms with van der Waals surface area (Å²) in [5.41, 5.74) is 1.90. The third-order valence-electron chi connectivity index (χ3n) is 3.88. The second kappa shape index (κ2) is 10.5. The van der Waals surface area contributed by atoms with Crippen LogP contribution >= 0.6 is 34.8 Å². The molecule has 0 bridgehead atoms. The Bertz CT molecular complexity index is 907. The minimum Gasteiger partial charge on any atom is -0.489 e. The minimum absolute atomic E-state index is 0.383. The maximum atomic E-state index is 6.14. The van der Waals surface area contributed by atoms with Crippen LogP contribution in [0.25, 0.3) is 0 Å². The average Bonchev–Trinajstić information content (AvgIpc) is 2.70. The van der Waals surface area contributed by atoms with Crippen LogP contribution in [-0.2, 0) is 13.2 Å². The highest BCUT2D eigenvalue weighted by Crippen LogP contribution is 2.26. The van der Waals surface area contributed by atoms with E-state index in [1.807, 2.05) is 36.4 Å². The predicted molar refractivity (Wildman–Crippen MR) is 114 cm³/mol. The van der Waals surface area contributed by atoms with Crippen LogP contribution in [0.15, 0.2) is 60.8 Å². The molecule has 0 aliphatic rings. The summed E-state index contributed by atoms with van der Waals surface area (Å²) < 4.78 is 11.5. The Morgan fingerprint density at radius 2 is 1.79 bits per heavy atom. The number of rotatable bonds is 9. The van der Waals surface area contributed by atoms with Crippen molar-refractivity contribution in [2.24, 2.45) is 0 Å². The number of aromatic nitrogens is 1. The number of nitrogens with zero attached hydrogens (tertiary/aromatic N) is 1. The van der Waals surface area contributed by atoms with Gasteiger partial charge in [-0.15, -0.1) is 0 Å². The zero-order valence-corrected chi connectivity index (χ0v) is 17.3. The van der Waals surface area contributed by atoms with Gasteiger partial charge in [0.15, 0.2) is 0 Å². The zero-order valence-electron chi connectivity index (χ0n) is 15.0. The average molecular weight is 438 g/mol. The van der Waals surface area contributed by atoms with Crippen molar-refractivity contribution in [3.8, 4) is 11.6 Å². The number of benzene rings is 2. The number of pyridine rings is 1. The Morgan fingerprint density at radius 3 is 2.57 bits per heavy atom. The molecule has 0 saturated carbocycles. The van der Waals surface area contributed by atoms with Crippen molar-refractivity contribution in [1.82, 2.24) is 10.3 Å². The van der Waals surface area contributed by atoms with Gasteiger partial charge in [-0.2, -0.15) is 0 Å². The van der Waals surface area contributed by atoms with Crippen LogP contribution in [0.3, 0.4) is 0 Å². The summed E-state index contributed by atoms with van der Waals surface area (Å²) >= 11 is 18.2. The molecule has 0 aliphatic carbocycles. The van der Waals surface area contributed by atoms with E-state index < -0.39 is 0 Å². The van der Waals surface area contributed by atoms with Gasteiger partial charge in [0.25, 0.3) is 0 Å². The Kier molecular flexibility index (Phi) is 7.80. The maximum absolute atomic E-state index is 6.14. The second-order valence-corrected chi connectivity index (χ2v) is 7.23. The molecule has 4 nitrogen and oxygen atoms in total. The first-order valence-corrected chi connectivity index (χ1v) is 9.85. The molecule has 2 aromatic carbocycles. The maximum Gasteiger partial charge on any atom is 0.213 e. The fraction of sp³-hybridized carbons (Fsp3) is 0.190. The minimum atomic E-state index is 0.383. The lowest BCUT2D eigenvalue weighted by Gasteiger charge is -2.13. The highest BCUT2D eigenvalue weighted by molar-refractivity contribution is 6.42. The molecule has 146 valence electrons. The van der Waals surface area contributed by atoms with Crippen molar-refractivity contribution in [3.63, 3.8) is 0 Å². The highest BCUT2D eigenvalue weighted by Gasteiger charge is 2.07. The summed E-state index contributed by atoms with van der Waals surface area (Å²) in [6.45, 7) is 2.16. The molecule has 0 fully saturated rings. The lowest BCUT2D eigenvalue weighted by molar-refractivity contribution is 0.295. The molecular weight excluding hydrogens is 419 g/mol. The molecule has 0 aliphatic heterocycles. The fourth-order valence-electron chi connectivity index (χ4n) is 2.50. The Balaban J connectivity index is 1.52. The van der Waals surface area contributed by atoms with Crippen molar-refractivity contribution in [2.45, 2.75) is 13.2 Å². The largest absolute Gasteiger partial charge is 0.489 e. The highest BCUT2D eigenvalue weighted by atomic mass is 35.5. The van der Waals surface area contributed by atoms with E-state index >= 15 is 0 Å². The van der Waals surface area contributed by atoms with E-state index in [-0.39, 0.29) is 0 Å². The molecule has 1 heterocycles. The molecule has 0 amide bonds. The molecule has 1 N–H and O–H groups in total. The van der Waals surface area contributed by atoms with E-state index in [2.05, 4.69) is 10.3 Å². The number of ether oxygens (including phenoxy) is 2. The SMILES string of the molecule is Clc1ccc(OCc2ccc(Cl)c(Cl)c2)c(CNCCOc2ccccn2)c1. The van der Waals surface area contributed by atoms with Gasteiger partial charge >= 0.3 is 0 Å². The molecule has 0 radical (unpaired) electrons. The predicted octanol–water partition coefficient (Wildman–Crippen LogP) is 5.79. The second-order valence-electron chi connectivity index (χ2n) is 5.98. The van der Waals surface area contributed by atoms with Crippen LogP contribution in [0.5, 0.6) is 11.6 Å². The molecule has 3 aromatic rings. The Hall–Kier alpha value is -1.98. The monoisotopic (exact) mass is 436 g/mol. The quantitative estimate of drug-likeness (QED) is 0.430. The van der Waals surface area contributed by atoms with Gasteiger partial charge in [0, 0.05) is 35.9 Å². The summed E-state index contributed by atoms with van der Waals surface area (Å²) in [6.07, 6.45) is 1.70. The first-order valence-electron chi connectivity index (χ1n) is 8.71. The molecular formula is C21H19Cl3N2O2. The fourth-order valence-corrected chi connectivity index (χ4v) is 3.02. The number of nitrogens with one attached hydrogen (secondary N) is 1. The van der Waals surface area contributed by atoms with Crippen LogP contribution in [0.4, 0.5) is 0 Å². The van der Waals surface area contributed by atoms with Crippen LogP contribution in [0.1, 0.15) is 11.1 Å². The van der Waals surface area contributed by atoms with Crippen LogP contribution < -0.4 is 14.8 Å². The summed E-state index contributed by atoms with van der Waals surface area (Å²) in [6, 6.07) is 16.6. The van der Waals surface area contributed by atoms with E-state index in [0.717, 1.165) is 16.9 Å². The topological polar surface area (TPSA) is 43.4 Å². The summed E-state index contributed by atoms with van der Waals surface area (Å²) in [5, 5.41) is 5.01. The molecule has 7 heteroatoms. The number of hydrogen-bond donors (Lipinski definition) is 1. The third-order valence-corrected chi connectivity index (χ3v) is 4.86. The summed E-state index contributed by atoms with van der Waals surface area (Å²) in [4.78, 5) is 4.12. The first-order chi connectivity index (χ1) is 13.6. The Labute approximate surface area is 179 Å². The van der Waals surface area contributed by atoms with Crippen molar-refractivity contribution < 1.29 is 9.47 Å². The normalized spacial score (nSPS) is 10.7. The van der Waals surface area contributed by atoms with Crippen LogP contribution in [0.2, 0.25) is 15.1 Å². The van der Waals surface area contributed by atoms with Gasteiger partial charge in [-0.25, -0.2) is 4.98 Å². The van der Waals surface area contributed by atoms with E-state index in [0.29, 0.717) is 47.3 Å². The third kappa shape index (κ3) is 6.28. The lowest BCUT2D eigenvalue weighted by Crippen LogP contribution is -2.21. The lowest BCUT2D eigenvalue weighted by atomic mass is 10.2. The van der Waals surface area contributed by atoms with Gasteiger partial charge in [0.2, 0.25) is 5.88 Å². The van der Waals surface area contributed by atoms with Crippen molar-refractivity contribution in [2.75, 3.05) is 13.2 Å². The van der Waals surface area contributed by atoms with Gasteiger partial charge in [-0.05, 0) is 42.0 Å². The van der Waals surface area contributed by atoms with Crippen molar-refractivity contribution >= 4 is 34.8 Å². The van der Waals surface area contributed by atoms with Crippen LogP contribution in [-0.4, -0.2) is 18.1 Å². The molecule has 0 spiro atoms. The van der Waals surface area contributed by atoms with E-state index in [1.165, 1.54) is 0 Å². The molecule has 0 saturated heterocycles. The first kappa shape index (κ1) is 20.7. The van der Waals surface area contributed by atoms with Crippen LogP contribution in [0, 0.1) is 0 Å². The molecule has 0 unspecified atom stereocenters. The van der Waals surface area contributed by atoms with E-state index in [9.17, 15) is 0 Å². The number of hydrogen-bond acceptors (Lipinski definition) is 4. The van der Waals surface area contributed by atoms with Gasteiger partial charge in [-0.3, -0.25) is 0 Å². The van der Waals surface area contributed by atoms with Gasteiger partial charge in [-0.1, -0.05) is 46.9 Å². The number of halogens is 3. The van der Waals surface area contributed by atoms with E-state index in [1.54, 1.807) is 24.4 Å². The summed E-state index contributed by atoms with van der Waals surface area (Å²) in [5.74, 6) is 1.37. The molecule has 1 aromatic heterocycles. The van der Waals surface area contributed by atoms with Crippen molar-refractivity contribution in [3.05, 3.63) is 87.0 Å². The molecule has 0 atom stereocenters. The van der Waals surface area contributed by atoms with Gasteiger partial charge in [0.1, 0.15) is 19.0 Å². The van der Waals surface area contributed by atoms with Gasteiger partial charge in [0.05, 0.1) is 10.0 Å². The molecule has 3 rings (SSSR count). The Morgan fingerprint density at radius 1 is 0.893 bits per heavy atom. The van der Waals surface area contributed by atoms with E-state index in [4.69, 9.17) is 44.3 Å². The van der Waals surface area contributed by atoms with Gasteiger partial charge < -0.3 is 14.8 Å². The smallest absolute Gasteiger partial charge is 0.213 e. The summed E-state index contributed by atoms with van der Waals surface area (Å²) in [7, 11) is 0. The zero-order chi connectivity index (χ0) is 19.8. The van der Waals surface area contributed by atoms with Crippen molar-refractivity contribution in [1.29, 1.82) is 0 Å².